The highest BCUT2D eigenvalue weighted by atomic mass is 16.5. The van der Waals surface area contributed by atoms with Crippen molar-refractivity contribution < 1.29 is 29.0 Å². The van der Waals surface area contributed by atoms with E-state index in [0.29, 0.717) is 24.1 Å². The number of piperidine rings is 1. The zero-order valence-corrected chi connectivity index (χ0v) is 30.7. The van der Waals surface area contributed by atoms with Crippen molar-refractivity contribution in [2.75, 3.05) is 13.1 Å². The van der Waals surface area contributed by atoms with Gasteiger partial charge in [0, 0.05) is 17.5 Å². The zero-order chi connectivity index (χ0) is 38.0. The molecule has 53 heavy (non-hydrogen) atoms. The molecule has 0 saturated carbocycles. The van der Waals surface area contributed by atoms with E-state index in [4.69, 9.17) is 10.5 Å². The largest absolute Gasteiger partial charge is 0.487 e. The van der Waals surface area contributed by atoms with Crippen LogP contribution in [0.3, 0.4) is 0 Å². The standard InChI is InChI=1S/C42H51N5O6/c1-42(2,3)46-41(52)35-20-12-13-23-47(35)26-36(48)33(24-28-14-6-4-7-15-28)44-40(51)34(25-37(43)49)45-39(50)32-22-21-30-18-10-11-19-31(30)38(32)53-27-29-16-8-5-9-17-29/h4-11,14-19,21-22,33-36,48H,12-13,20,23-27H2,1-3H3,(H2,43,49)(H,44,51)(H,45,50)(H,46,52)/t33-,34-,35-,36+/m0/s1. The molecule has 1 saturated heterocycles. The molecule has 6 N–H and O–H groups in total. The van der Waals surface area contributed by atoms with Gasteiger partial charge in [0.15, 0.2) is 0 Å². The molecule has 1 aliphatic heterocycles. The van der Waals surface area contributed by atoms with Crippen molar-refractivity contribution in [2.45, 2.75) is 89.3 Å². The maximum atomic E-state index is 14.0. The quantitative estimate of drug-likeness (QED) is 0.123. The minimum atomic E-state index is -1.35. The molecular weight excluding hydrogens is 670 g/mol. The summed E-state index contributed by atoms with van der Waals surface area (Å²) in [5.41, 5.74) is 7.15. The van der Waals surface area contributed by atoms with Gasteiger partial charge in [-0.15, -0.1) is 0 Å². The Kier molecular flexibility index (Phi) is 13.2. The van der Waals surface area contributed by atoms with Crippen LogP contribution in [0.15, 0.2) is 97.1 Å². The lowest BCUT2D eigenvalue weighted by Crippen LogP contribution is -2.59. The molecule has 0 spiro atoms. The lowest BCUT2D eigenvalue weighted by Gasteiger charge is -2.39. The second-order valence-corrected chi connectivity index (χ2v) is 14.8. The van der Waals surface area contributed by atoms with E-state index in [1.54, 1.807) is 12.1 Å². The van der Waals surface area contributed by atoms with E-state index < -0.39 is 53.9 Å². The predicted octanol–water partition coefficient (Wildman–Crippen LogP) is 4.25. The fourth-order valence-corrected chi connectivity index (χ4v) is 6.71. The van der Waals surface area contributed by atoms with Crippen molar-refractivity contribution in [2.24, 2.45) is 5.73 Å². The number of rotatable bonds is 15. The van der Waals surface area contributed by atoms with Crippen LogP contribution in [-0.2, 0) is 27.4 Å². The first-order valence-corrected chi connectivity index (χ1v) is 18.2. The third-order valence-corrected chi connectivity index (χ3v) is 9.30. The molecule has 11 heteroatoms. The van der Waals surface area contributed by atoms with Gasteiger partial charge in [0.1, 0.15) is 18.4 Å². The fraction of sp³-hybridized carbons (Fsp3) is 0.381. The number of aliphatic hydroxyl groups is 1. The van der Waals surface area contributed by atoms with Crippen molar-refractivity contribution in [3.05, 3.63) is 114 Å². The van der Waals surface area contributed by atoms with Gasteiger partial charge in [0.2, 0.25) is 17.7 Å². The Morgan fingerprint density at radius 3 is 2.21 bits per heavy atom. The van der Waals surface area contributed by atoms with Gasteiger partial charge in [0.25, 0.3) is 5.91 Å². The molecular formula is C42H51N5O6. The summed E-state index contributed by atoms with van der Waals surface area (Å²) in [6.45, 7) is 6.74. The Bertz CT molecular complexity index is 1860. The number of nitrogens with zero attached hydrogens (tertiary/aromatic N) is 1. The summed E-state index contributed by atoms with van der Waals surface area (Å²) in [6, 6.07) is 27.3. The van der Waals surface area contributed by atoms with E-state index >= 15 is 0 Å². The Labute approximate surface area is 311 Å². The first-order valence-electron chi connectivity index (χ1n) is 18.2. The number of fused-ring (bicyclic) bond motifs is 1. The zero-order valence-electron chi connectivity index (χ0n) is 30.7. The molecule has 1 fully saturated rings. The monoisotopic (exact) mass is 721 g/mol. The summed E-state index contributed by atoms with van der Waals surface area (Å²) in [7, 11) is 0. The molecule has 0 aliphatic carbocycles. The summed E-state index contributed by atoms with van der Waals surface area (Å²) in [5, 5.41) is 22.0. The summed E-state index contributed by atoms with van der Waals surface area (Å²) in [5.74, 6) is -1.85. The van der Waals surface area contributed by atoms with Crippen LogP contribution in [0.1, 0.15) is 67.9 Å². The van der Waals surface area contributed by atoms with Crippen LogP contribution in [0.5, 0.6) is 5.75 Å². The molecule has 5 rings (SSSR count). The Hall–Kier alpha value is -5.26. The maximum Gasteiger partial charge on any atom is 0.255 e. The smallest absolute Gasteiger partial charge is 0.255 e. The van der Waals surface area contributed by atoms with Gasteiger partial charge < -0.3 is 31.5 Å². The molecule has 280 valence electrons. The Balaban J connectivity index is 1.37. The number of hydrogen-bond acceptors (Lipinski definition) is 7. The van der Waals surface area contributed by atoms with Crippen LogP contribution in [0, 0.1) is 0 Å². The molecule has 4 amide bonds. The number of likely N-dealkylation sites (tertiary alicyclic amines) is 1. The number of benzene rings is 4. The van der Waals surface area contributed by atoms with E-state index in [0.717, 1.165) is 29.4 Å². The highest BCUT2D eigenvalue weighted by molar-refractivity contribution is 6.05. The van der Waals surface area contributed by atoms with Gasteiger partial charge in [-0.25, -0.2) is 0 Å². The third kappa shape index (κ3) is 11.1. The Morgan fingerprint density at radius 2 is 1.53 bits per heavy atom. The van der Waals surface area contributed by atoms with E-state index in [9.17, 15) is 24.3 Å². The summed E-state index contributed by atoms with van der Waals surface area (Å²) >= 11 is 0. The van der Waals surface area contributed by atoms with Crippen LogP contribution < -0.4 is 26.4 Å². The molecule has 1 aliphatic rings. The molecule has 0 radical (unpaired) electrons. The lowest BCUT2D eigenvalue weighted by molar-refractivity contribution is -0.131. The van der Waals surface area contributed by atoms with Crippen molar-refractivity contribution >= 4 is 34.4 Å². The molecule has 0 unspecified atom stereocenters. The Morgan fingerprint density at radius 1 is 0.868 bits per heavy atom. The number of carbonyl (C=O) groups is 4. The highest BCUT2D eigenvalue weighted by Crippen LogP contribution is 2.31. The number of nitrogens with one attached hydrogen (secondary N) is 3. The first kappa shape index (κ1) is 39.0. The van der Waals surface area contributed by atoms with Crippen molar-refractivity contribution in [1.82, 2.24) is 20.9 Å². The summed E-state index contributed by atoms with van der Waals surface area (Å²) in [6.07, 6.45) is 1.12. The molecule has 11 nitrogen and oxygen atoms in total. The molecule has 4 atom stereocenters. The number of aliphatic hydroxyl groups excluding tert-OH is 1. The van der Waals surface area contributed by atoms with Crippen molar-refractivity contribution in [3.63, 3.8) is 0 Å². The number of ether oxygens (including phenoxy) is 1. The number of carbonyl (C=O) groups excluding carboxylic acids is 4. The van der Waals surface area contributed by atoms with Crippen LogP contribution in [-0.4, -0.2) is 76.5 Å². The number of hydrogen-bond donors (Lipinski definition) is 5. The van der Waals surface area contributed by atoms with Crippen molar-refractivity contribution in [3.8, 4) is 5.75 Å². The van der Waals surface area contributed by atoms with Crippen LogP contribution >= 0.6 is 0 Å². The van der Waals surface area contributed by atoms with Gasteiger partial charge >= 0.3 is 0 Å². The van der Waals surface area contributed by atoms with Crippen molar-refractivity contribution in [1.29, 1.82) is 0 Å². The molecule has 4 aromatic carbocycles. The average Bonchev–Trinajstić information content (AvgIpc) is 3.13. The van der Waals surface area contributed by atoms with E-state index in [2.05, 4.69) is 16.0 Å². The van der Waals surface area contributed by atoms with Crippen LogP contribution in [0.25, 0.3) is 10.8 Å². The number of amides is 4. The van der Waals surface area contributed by atoms with Gasteiger partial charge in [0.05, 0.1) is 30.2 Å². The summed E-state index contributed by atoms with van der Waals surface area (Å²) < 4.78 is 6.25. The minimum absolute atomic E-state index is 0.0990. The molecule has 1 heterocycles. The SMILES string of the molecule is CC(C)(C)NC(=O)[C@@H]1CCCCN1C[C@@H](O)[C@H](Cc1ccccc1)NC(=O)[C@H](CC(N)=O)NC(=O)c1ccc2ccccc2c1OCc1ccccc1. The number of nitrogens with two attached hydrogens (primary N) is 1. The van der Waals surface area contributed by atoms with E-state index in [1.807, 2.05) is 111 Å². The van der Waals surface area contributed by atoms with E-state index in [1.165, 1.54) is 0 Å². The predicted molar refractivity (Wildman–Crippen MR) is 205 cm³/mol. The molecule has 0 bridgehead atoms. The maximum absolute atomic E-state index is 14.0. The average molecular weight is 722 g/mol. The highest BCUT2D eigenvalue weighted by Gasteiger charge is 2.35. The van der Waals surface area contributed by atoms with Gasteiger partial charge in [-0.05, 0) is 69.2 Å². The second kappa shape index (κ2) is 18.0. The first-order chi connectivity index (χ1) is 25.4. The second-order valence-electron chi connectivity index (χ2n) is 14.8. The van der Waals surface area contributed by atoms with Crippen LogP contribution in [0.4, 0.5) is 0 Å². The van der Waals surface area contributed by atoms with Gasteiger partial charge in [-0.1, -0.05) is 97.4 Å². The third-order valence-electron chi connectivity index (χ3n) is 9.30. The normalized spacial score (nSPS) is 16.6. The summed E-state index contributed by atoms with van der Waals surface area (Å²) in [4.78, 5) is 55.5. The number of primary amides is 1. The van der Waals surface area contributed by atoms with Gasteiger partial charge in [-0.3, -0.25) is 24.1 Å². The minimum Gasteiger partial charge on any atom is -0.487 e. The fourth-order valence-electron chi connectivity index (χ4n) is 6.71. The van der Waals surface area contributed by atoms with E-state index in [-0.39, 0.29) is 31.0 Å². The van der Waals surface area contributed by atoms with Crippen LogP contribution in [0.2, 0.25) is 0 Å². The van der Waals surface area contributed by atoms with Gasteiger partial charge in [-0.2, -0.15) is 0 Å². The number of β-amino-alcohol motifs (C(OH)–C–C–N with tert-alkyl or cyclic N) is 1. The lowest BCUT2D eigenvalue weighted by atomic mass is 9.96. The topological polar surface area (TPSA) is 163 Å². The molecule has 4 aromatic rings. The molecule has 0 aromatic heterocycles.